The first kappa shape index (κ1) is 20.1. The smallest absolute Gasteiger partial charge is 0.337 e. The van der Waals surface area contributed by atoms with Gasteiger partial charge < -0.3 is 15.4 Å². The van der Waals surface area contributed by atoms with Gasteiger partial charge in [0, 0.05) is 30.6 Å². The first-order chi connectivity index (χ1) is 13.4. The molecule has 0 unspecified atom stereocenters. The van der Waals surface area contributed by atoms with Gasteiger partial charge in [-0.3, -0.25) is 14.9 Å². The van der Waals surface area contributed by atoms with Crippen molar-refractivity contribution in [2.24, 2.45) is 0 Å². The molecule has 0 atom stereocenters. The zero-order valence-electron chi connectivity index (χ0n) is 14.8. The molecule has 2 aromatic rings. The highest BCUT2D eigenvalue weighted by atomic mass is 16.6. The topological polar surface area (TPSA) is 134 Å². The molecule has 0 radical (unpaired) electrons. The van der Waals surface area contributed by atoms with E-state index in [2.05, 4.69) is 15.4 Å². The van der Waals surface area contributed by atoms with Crippen LogP contribution in [-0.2, 0) is 16.1 Å². The highest BCUT2D eigenvalue weighted by Gasteiger charge is 2.11. The number of anilines is 1. The summed E-state index contributed by atoms with van der Waals surface area (Å²) in [5.41, 5.74) is 1.31. The van der Waals surface area contributed by atoms with Crippen molar-refractivity contribution in [2.75, 3.05) is 12.4 Å². The summed E-state index contributed by atoms with van der Waals surface area (Å²) in [6, 6.07) is 13.7. The Morgan fingerprint density at radius 3 is 2.36 bits per heavy atom. The number of nitrogens with zero attached hydrogens (tertiary/aromatic N) is 2. The Hall–Kier alpha value is -4.19. The number of carbonyl (C=O) groups excluding carboxylic acids is 2. The van der Waals surface area contributed by atoms with Crippen LogP contribution in [-0.4, -0.2) is 23.9 Å². The van der Waals surface area contributed by atoms with Gasteiger partial charge in [0.2, 0.25) is 0 Å². The quantitative estimate of drug-likeness (QED) is 0.248. The van der Waals surface area contributed by atoms with E-state index in [9.17, 15) is 19.7 Å². The first-order valence-corrected chi connectivity index (χ1v) is 8.01. The minimum atomic E-state index is -0.648. The summed E-state index contributed by atoms with van der Waals surface area (Å²) in [6.45, 7) is 0.331. The van der Waals surface area contributed by atoms with Gasteiger partial charge in [-0.15, -0.1) is 0 Å². The predicted molar refractivity (Wildman–Crippen MR) is 100 cm³/mol. The fourth-order valence-electron chi connectivity index (χ4n) is 2.16. The van der Waals surface area contributed by atoms with Crippen LogP contribution in [0.5, 0.6) is 0 Å². The zero-order chi connectivity index (χ0) is 20.5. The molecule has 0 aliphatic heterocycles. The van der Waals surface area contributed by atoms with Crippen LogP contribution >= 0.6 is 0 Å². The van der Waals surface area contributed by atoms with Crippen molar-refractivity contribution < 1.29 is 19.2 Å². The van der Waals surface area contributed by atoms with Crippen LogP contribution in [0.2, 0.25) is 0 Å². The Labute approximate surface area is 160 Å². The van der Waals surface area contributed by atoms with E-state index in [-0.39, 0.29) is 11.3 Å². The molecule has 0 fully saturated rings. The third-order valence-corrected chi connectivity index (χ3v) is 3.63. The third kappa shape index (κ3) is 5.40. The third-order valence-electron chi connectivity index (χ3n) is 3.63. The summed E-state index contributed by atoms with van der Waals surface area (Å²) < 4.78 is 4.62. The lowest BCUT2D eigenvalue weighted by molar-refractivity contribution is -0.384. The van der Waals surface area contributed by atoms with Gasteiger partial charge in [0.1, 0.15) is 11.6 Å². The predicted octanol–water partition coefficient (Wildman–Crippen LogP) is 2.52. The second kappa shape index (κ2) is 9.49. The molecular weight excluding hydrogens is 364 g/mol. The van der Waals surface area contributed by atoms with Gasteiger partial charge in [0.25, 0.3) is 11.6 Å². The Kier molecular flexibility index (Phi) is 6.82. The van der Waals surface area contributed by atoms with Crippen LogP contribution in [0.4, 0.5) is 11.4 Å². The number of amides is 1. The number of esters is 1. The zero-order valence-corrected chi connectivity index (χ0v) is 14.8. The van der Waals surface area contributed by atoms with Gasteiger partial charge in [0.05, 0.1) is 17.6 Å². The summed E-state index contributed by atoms with van der Waals surface area (Å²) in [5.74, 6) is -1.08. The molecule has 28 heavy (non-hydrogen) atoms. The van der Waals surface area contributed by atoms with E-state index in [4.69, 9.17) is 5.26 Å². The maximum absolute atomic E-state index is 12.1. The number of nitrogens with one attached hydrogen (secondary N) is 2. The second-order valence-electron chi connectivity index (χ2n) is 5.50. The van der Waals surface area contributed by atoms with E-state index < -0.39 is 16.8 Å². The van der Waals surface area contributed by atoms with Gasteiger partial charge in [0.15, 0.2) is 0 Å². The number of nitro groups is 1. The number of methoxy groups -OCH3 is 1. The molecule has 0 saturated carbocycles. The number of non-ortho nitro benzene ring substituents is 1. The lowest BCUT2D eigenvalue weighted by atomic mass is 10.1. The van der Waals surface area contributed by atoms with Crippen LogP contribution in [0.15, 0.2) is 60.3 Å². The SMILES string of the molecule is COC(=O)c1ccc(CN/C=C(/C#N)C(=O)Nc2ccc([N+](=O)[O-])cc2)cc1. The molecule has 0 spiro atoms. The number of ether oxygens (including phenoxy) is 1. The molecule has 0 aliphatic rings. The maximum atomic E-state index is 12.1. The molecule has 0 aliphatic carbocycles. The highest BCUT2D eigenvalue weighted by molar-refractivity contribution is 6.06. The average molecular weight is 380 g/mol. The van der Waals surface area contributed by atoms with Crippen molar-refractivity contribution in [1.29, 1.82) is 5.26 Å². The second-order valence-corrected chi connectivity index (χ2v) is 5.50. The molecular formula is C19H16N4O5. The fraction of sp³-hybridized carbons (Fsp3) is 0.105. The molecule has 1 amide bonds. The number of hydrogen-bond acceptors (Lipinski definition) is 7. The monoisotopic (exact) mass is 380 g/mol. The van der Waals surface area contributed by atoms with Crippen molar-refractivity contribution in [3.05, 3.63) is 81.5 Å². The molecule has 9 heteroatoms. The van der Waals surface area contributed by atoms with Crippen LogP contribution in [0.25, 0.3) is 0 Å². The van der Waals surface area contributed by atoms with Gasteiger partial charge in [-0.1, -0.05) is 12.1 Å². The first-order valence-electron chi connectivity index (χ1n) is 8.01. The number of rotatable bonds is 7. The molecule has 2 rings (SSSR count). The van der Waals surface area contributed by atoms with Gasteiger partial charge >= 0.3 is 5.97 Å². The number of nitro benzene ring substituents is 1. The van der Waals surface area contributed by atoms with Crippen molar-refractivity contribution >= 4 is 23.3 Å². The molecule has 142 valence electrons. The van der Waals surface area contributed by atoms with Gasteiger partial charge in [-0.2, -0.15) is 5.26 Å². The Bertz CT molecular complexity index is 944. The summed E-state index contributed by atoms with van der Waals surface area (Å²) in [7, 11) is 1.30. The lowest BCUT2D eigenvalue weighted by Crippen LogP contribution is -2.16. The van der Waals surface area contributed by atoms with E-state index in [0.29, 0.717) is 17.8 Å². The largest absolute Gasteiger partial charge is 0.465 e. The molecule has 0 bridgehead atoms. The molecule has 0 heterocycles. The van der Waals surface area contributed by atoms with Crippen LogP contribution in [0, 0.1) is 21.4 Å². The van der Waals surface area contributed by atoms with Crippen LogP contribution in [0.3, 0.4) is 0 Å². The number of carbonyl (C=O) groups is 2. The normalized spacial score (nSPS) is 10.5. The van der Waals surface area contributed by atoms with E-state index in [1.165, 1.54) is 37.6 Å². The molecule has 0 aromatic heterocycles. The Morgan fingerprint density at radius 2 is 1.82 bits per heavy atom. The van der Waals surface area contributed by atoms with E-state index in [1.807, 2.05) is 0 Å². The maximum Gasteiger partial charge on any atom is 0.337 e. The van der Waals surface area contributed by atoms with Crippen molar-refractivity contribution in [2.45, 2.75) is 6.54 Å². The van der Waals surface area contributed by atoms with E-state index in [0.717, 1.165) is 5.56 Å². The number of benzene rings is 2. The Morgan fingerprint density at radius 1 is 1.18 bits per heavy atom. The Balaban J connectivity index is 1.95. The van der Waals surface area contributed by atoms with Crippen LogP contribution in [0.1, 0.15) is 15.9 Å². The number of hydrogen-bond donors (Lipinski definition) is 2. The van der Waals surface area contributed by atoms with Crippen molar-refractivity contribution in [3.63, 3.8) is 0 Å². The molecule has 2 aromatic carbocycles. The molecule has 9 nitrogen and oxygen atoms in total. The summed E-state index contributed by atoms with van der Waals surface area (Å²) >= 11 is 0. The standard InChI is InChI=1S/C19H16N4O5/c1-28-19(25)14-4-2-13(3-5-14)11-21-12-15(10-20)18(24)22-16-6-8-17(9-7-16)23(26)27/h2-9,12,21H,11H2,1H3,(H,22,24)/b15-12-. The summed E-state index contributed by atoms with van der Waals surface area (Å²) in [6.07, 6.45) is 1.27. The van der Waals surface area contributed by atoms with E-state index >= 15 is 0 Å². The molecule has 2 N–H and O–H groups in total. The summed E-state index contributed by atoms with van der Waals surface area (Å²) in [5, 5.41) is 25.1. The highest BCUT2D eigenvalue weighted by Crippen LogP contribution is 2.16. The minimum absolute atomic E-state index is 0.103. The number of nitriles is 1. The van der Waals surface area contributed by atoms with Gasteiger partial charge in [-0.05, 0) is 29.8 Å². The summed E-state index contributed by atoms with van der Waals surface area (Å²) in [4.78, 5) is 33.6. The average Bonchev–Trinajstić information content (AvgIpc) is 2.71. The van der Waals surface area contributed by atoms with Crippen LogP contribution < -0.4 is 10.6 Å². The lowest BCUT2D eigenvalue weighted by Gasteiger charge is -2.06. The van der Waals surface area contributed by atoms with Crippen molar-refractivity contribution in [1.82, 2.24) is 5.32 Å². The van der Waals surface area contributed by atoms with Crippen molar-refractivity contribution in [3.8, 4) is 6.07 Å². The van der Waals surface area contributed by atoms with E-state index in [1.54, 1.807) is 30.3 Å². The fourth-order valence-corrected chi connectivity index (χ4v) is 2.16. The molecule has 0 saturated heterocycles. The van der Waals surface area contributed by atoms with Gasteiger partial charge in [-0.25, -0.2) is 4.79 Å². The minimum Gasteiger partial charge on any atom is -0.465 e.